The summed E-state index contributed by atoms with van der Waals surface area (Å²) in [6.45, 7) is 2.29. The summed E-state index contributed by atoms with van der Waals surface area (Å²) in [5, 5.41) is 2.71. The molecule has 0 fully saturated rings. The summed E-state index contributed by atoms with van der Waals surface area (Å²) < 4.78 is 0. The van der Waals surface area contributed by atoms with Crippen LogP contribution in [0.3, 0.4) is 0 Å². The Morgan fingerprint density at radius 3 is 1.68 bits per heavy atom. The molecule has 0 saturated heterocycles. The SMILES string of the molecule is CCCCCCCCCCCC[As](Cl)CCCCCc1ccccc1. The molecule has 1 aromatic carbocycles. The molecule has 1 rings (SSSR count). The predicted octanol–water partition coefficient (Wildman–Crippen LogP) is 8.55. The summed E-state index contributed by atoms with van der Waals surface area (Å²) in [7, 11) is 6.63. The summed E-state index contributed by atoms with van der Waals surface area (Å²) in [5.74, 6) is 0. The molecule has 0 N–H and O–H groups in total. The van der Waals surface area contributed by atoms with Gasteiger partial charge in [-0.1, -0.05) is 0 Å². The van der Waals surface area contributed by atoms with Crippen LogP contribution in [0.5, 0.6) is 0 Å². The van der Waals surface area contributed by atoms with Crippen molar-refractivity contribution in [3.63, 3.8) is 0 Å². The molecule has 0 nitrogen and oxygen atoms in total. The summed E-state index contributed by atoms with van der Waals surface area (Å²) >= 11 is -0.991. The summed E-state index contributed by atoms with van der Waals surface area (Å²) in [6, 6.07) is 10.9. The minimum atomic E-state index is -0.991. The molecule has 0 aliphatic rings. The molecular formula is C23H40AsCl. The van der Waals surface area contributed by atoms with Crippen LogP contribution in [-0.4, -0.2) is 13.7 Å². The molecule has 1 unspecified atom stereocenters. The second-order valence-electron chi connectivity index (χ2n) is 7.39. The maximum atomic E-state index is 6.63. The Morgan fingerprint density at radius 2 is 1.12 bits per heavy atom. The van der Waals surface area contributed by atoms with Crippen molar-refractivity contribution in [3.05, 3.63) is 35.9 Å². The van der Waals surface area contributed by atoms with E-state index in [-0.39, 0.29) is 0 Å². The molecule has 144 valence electrons. The maximum absolute atomic E-state index is 6.63. The van der Waals surface area contributed by atoms with Crippen LogP contribution in [-0.2, 0) is 6.42 Å². The Bertz CT molecular complexity index is 379. The van der Waals surface area contributed by atoms with Crippen molar-refractivity contribution in [3.8, 4) is 0 Å². The third-order valence-corrected chi connectivity index (χ3v) is 10.1. The first-order valence-electron chi connectivity index (χ1n) is 10.8. The van der Waals surface area contributed by atoms with Gasteiger partial charge >= 0.3 is 167 Å². The molecule has 0 amide bonds. The van der Waals surface area contributed by atoms with Crippen LogP contribution >= 0.6 is 9.95 Å². The van der Waals surface area contributed by atoms with E-state index < -0.39 is 13.7 Å². The van der Waals surface area contributed by atoms with Gasteiger partial charge in [-0.3, -0.25) is 0 Å². The first kappa shape index (κ1) is 23.1. The van der Waals surface area contributed by atoms with E-state index in [9.17, 15) is 0 Å². The number of hydrogen-bond acceptors (Lipinski definition) is 0. The number of unbranched alkanes of at least 4 members (excludes halogenated alkanes) is 11. The van der Waals surface area contributed by atoms with Crippen molar-refractivity contribution in [2.24, 2.45) is 0 Å². The molecule has 0 aliphatic carbocycles. The molecule has 0 saturated carbocycles. The molecule has 0 radical (unpaired) electrons. The first-order chi connectivity index (χ1) is 12.3. The molecule has 0 bridgehead atoms. The predicted molar refractivity (Wildman–Crippen MR) is 117 cm³/mol. The van der Waals surface area contributed by atoms with Gasteiger partial charge in [-0.05, 0) is 0 Å². The second kappa shape index (κ2) is 17.5. The van der Waals surface area contributed by atoms with E-state index in [1.807, 2.05) is 0 Å². The number of halogens is 1. The fraction of sp³-hybridized carbons (Fsp3) is 0.739. The third kappa shape index (κ3) is 14.9. The molecule has 2 heteroatoms. The number of rotatable bonds is 17. The Balaban J connectivity index is 1.80. The van der Waals surface area contributed by atoms with E-state index in [1.54, 1.807) is 0 Å². The molecular weight excluding hydrogens is 387 g/mol. The monoisotopic (exact) mass is 426 g/mol. The van der Waals surface area contributed by atoms with Gasteiger partial charge in [0, 0.05) is 0 Å². The van der Waals surface area contributed by atoms with Crippen LogP contribution in [0.25, 0.3) is 0 Å². The fourth-order valence-electron chi connectivity index (χ4n) is 3.32. The van der Waals surface area contributed by atoms with Crippen molar-refractivity contribution in [1.29, 1.82) is 0 Å². The third-order valence-electron chi connectivity index (χ3n) is 4.96. The Hall–Kier alpha value is 0.0684. The molecule has 1 atom stereocenters. The topological polar surface area (TPSA) is 0 Å². The van der Waals surface area contributed by atoms with Gasteiger partial charge in [0.05, 0.1) is 0 Å². The fourth-order valence-corrected chi connectivity index (χ4v) is 7.41. The normalized spacial score (nSPS) is 12.4. The van der Waals surface area contributed by atoms with E-state index in [0.717, 1.165) is 0 Å². The van der Waals surface area contributed by atoms with Gasteiger partial charge in [-0.25, -0.2) is 0 Å². The summed E-state index contributed by atoms with van der Waals surface area (Å²) in [4.78, 5) is 0. The van der Waals surface area contributed by atoms with E-state index in [0.29, 0.717) is 0 Å². The molecule has 0 aromatic heterocycles. The van der Waals surface area contributed by atoms with Crippen molar-refractivity contribution in [2.45, 2.75) is 107 Å². The van der Waals surface area contributed by atoms with Gasteiger partial charge in [-0.15, -0.1) is 0 Å². The van der Waals surface area contributed by atoms with Gasteiger partial charge in [0.2, 0.25) is 0 Å². The van der Waals surface area contributed by atoms with E-state index in [2.05, 4.69) is 37.3 Å². The molecule has 0 aliphatic heterocycles. The Morgan fingerprint density at radius 1 is 0.640 bits per heavy atom. The number of aryl methyl sites for hydroxylation is 1. The van der Waals surface area contributed by atoms with Crippen LogP contribution < -0.4 is 0 Å². The van der Waals surface area contributed by atoms with Gasteiger partial charge < -0.3 is 0 Å². The number of hydrogen-bond donors (Lipinski definition) is 0. The summed E-state index contributed by atoms with van der Waals surface area (Å²) in [6.07, 6.45) is 19.5. The second-order valence-corrected chi connectivity index (χ2v) is 13.7. The summed E-state index contributed by atoms with van der Waals surface area (Å²) in [5.41, 5.74) is 1.48. The minimum absolute atomic E-state index is 0.991. The van der Waals surface area contributed by atoms with E-state index in [1.165, 1.54) is 106 Å². The zero-order valence-electron chi connectivity index (χ0n) is 16.5. The van der Waals surface area contributed by atoms with Crippen molar-refractivity contribution in [1.82, 2.24) is 0 Å². The van der Waals surface area contributed by atoms with Gasteiger partial charge in [0.15, 0.2) is 0 Å². The van der Waals surface area contributed by atoms with Crippen molar-refractivity contribution >= 4 is 23.7 Å². The molecule has 0 spiro atoms. The van der Waals surface area contributed by atoms with Crippen molar-refractivity contribution in [2.75, 3.05) is 0 Å². The number of benzene rings is 1. The Labute approximate surface area is 166 Å². The Kier molecular flexibility index (Phi) is 16.2. The van der Waals surface area contributed by atoms with Crippen LogP contribution in [0.15, 0.2) is 30.3 Å². The zero-order valence-corrected chi connectivity index (χ0v) is 19.2. The molecule has 1 aromatic rings. The van der Waals surface area contributed by atoms with Crippen LogP contribution in [0.1, 0.15) is 96.0 Å². The molecule has 25 heavy (non-hydrogen) atoms. The molecule has 0 heterocycles. The van der Waals surface area contributed by atoms with Crippen LogP contribution in [0, 0.1) is 0 Å². The quantitative estimate of drug-likeness (QED) is 0.173. The van der Waals surface area contributed by atoms with Crippen molar-refractivity contribution < 1.29 is 0 Å². The van der Waals surface area contributed by atoms with E-state index in [4.69, 9.17) is 9.95 Å². The van der Waals surface area contributed by atoms with Crippen LogP contribution in [0.2, 0.25) is 10.4 Å². The average Bonchev–Trinajstić information content (AvgIpc) is 2.64. The van der Waals surface area contributed by atoms with Gasteiger partial charge in [-0.2, -0.15) is 0 Å². The average molecular weight is 427 g/mol. The van der Waals surface area contributed by atoms with Gasteiger partial charge in [0.1, 0.15) is 0 Å². The first-order valence-corrected chi connectivity index (χ1v) is 15.9. The zero-order chi connectivity index (χ0) is 18.0. The van der Waals surface area contributed by atoms with Crippen LogP contribution in [0.4, 0.5) is 0 Å². The van der Waals surface area contributed by atoms with Gasteiger partial charge in [0.25, 0.3) is 0 Å². The standard InChI is InChI=1S/C23H40AsCl/c1-2-3-4-5-6-7-8-9-10-16-21-24(25)22-17-12-15-20-23-18-13-11-14-19-23/h11,13-14,18-19H,2-10,12,15-17,20-22H2,1H3. The van der Waals surface area contributed by atoms with E-state index >= 15 is 0 Å².